The van der Waals surface area contributed by atoms with Gasteiger partial charge in [-0.3, -0.25) is 0 Å². The second-order valence-electron chi connectivity index (χ2n) is 7.97. The van der Waals surface area contributed by atoms with E-state index >= 15 is 0 Å². The molecule has 6 heteroatoms. The summed E-state index contributed by atoms with van der Waals surface area (Å²) in [7, 11) is 0. The van der Waals surface area contributed by atoms with Crippen molar-refractivity contribution in [2.45, 2.75) is 103 Å². The van der Waals surface area contributed by atoms with Crippen LogP contribution in [0.15, 0.2) is 11.6 Å². The van der Waals surface area contributed by atoms with Crippen LogP contribution in [-0.4, -0.2) is 72.3 Å². The molecule has 1 rings (SSSR count). The van der Waals surface area contributed by atoms with Crippen molar-refractivity contribution in [3.8, 4) is 0 Å². The lowest BCUT2D eigenvalue weighted by Gasteiger charge is -2.15. The third-order valence-electron chi connectivity index (χ3n) is 5.07. The van der Waals surface area contributed by atoms with E-state index in [1.807, 2.05) is 13.8 Å². The average Bonchev–Trinajstić information content (AvgIpc) is 2.96. The molecule has 3 N–H and O–H groups in total. The summed E-state index contributed by atoms with van der Waals surface area (Å²) in [5.41, 5.74) is 1.19. The van der Waals surface area contributed by atoms with Crippen LogP contribution in [0.1, 0.15) is 72.1 Å². The summed E-state index contributed by atoms with van der Waals surface area (Å²) in [5, 5.41) is 29.8. The molecule has 0 bridgehead atoms. The monoisotopic (exact) mass is 402 g/mol. The highest BCUT2D eigenvalue weighted by molar-refractivity contribution is 5.15. The van der Waals surface area contributed by atoms with Gasteiger partial charge in [-0.2, -0.15) is 0 Å². The second-order valence-corrected chi connectivity index (χ2v) is 7.97. The van der Waals surface area contributed by atoms with Gasteiger partial charge in [0.05, 0.1) is 56.9 Å². The minimum absolute atomic E-state index is 0.104. The molecule has 0 radical (unpaired) electrons. The maximum atomic E-state index is 10.2. The van der Waals surface area contributed by atoms with E-state index in [0.29, 0.717) is 39.3 Å². The SMILES string of the molecule is CCCC[C@H](O)COCCOC[C@@H](O)CCCC[C@@H](O)CC1=C[C@H](C)O[C@@H]1C. The molecule has 0 amide bonds. The zero-order valence-electron chi connectivity index (χ0n) is 18.0. The highest BCUT2D eigenvalue weighted by Gasteiger charge is 2.22. The van der Waals surface area contributed by atoms with Crippen LogP contribution in [0.4, 0.5) is 0 Å². The van der Waals surface area contributed by atoms with Gasteiger partial charge < -0.3 is 29.5 Å². The van der Waals surface area contributed by atoms with Gasteiger partial charge >= 0.3 is 0 Å². The van der Waals surface area contributed by atoms with E-state index in [0.717, 1.165) is 38.5 Å². The number of unbranched alkanes of at least 4 members (excludes halogenated alkanes) is 2. The third-order valence-corrected chi connectivity index (χ3v) is 5.07. The predicted octanol–water partition coefficient (Wildman–Crippen LogP) is 2.98. The molecule has 28 heavy (non-hydrogen) atoms. The summed E-state index contributed by atoms with van der Waals surface area (Å²) in [5.74, 6) is 0. The molecule has 0 unspecified atom stereocenters. The topological polar surface area (TPSA) is 88.4 Å². The van der Waals surface area contributed by atoms with E-state index in [-0.39, 0.29) is 18.3 Å². The average molecular weight is 403 g/mol. The summed E-state index contributed by atoms with van der Waals surface area (Å²) in [6.45, 7) is 7.63. The Balaban J connectivity index is 1.94. The zero-order valence-corrected chi connectivity index (χ0v) is 18.0. The molecule has 166 valence electrons. The van der Waals surface area contributed by atoms with E-state index in [9.17, 15) is 15.3 Å². The first kappa shape index (κ1) is 25.5. The van der Waals surface area contributed by atoms with Gasteiger partial charge in [0.15, 0.2) is 0 Å². The fraction of sp³-hybridized carbons (Fsp3) is 0.909. The maximum absolute atomic E-state index is 10.2. The molecule has 5 atom stereocenters. The molecule has 6 nitrogen and oxygen atoms in total. The predicted molar refractivity (Wildman–Crippen MR) is 110 cm³/mol. The fourth-order valence-corrected chi connectivity index (χ4v) is 3.42. The third kappa shape index (κ3) is 12.1. The van der Waals surface area contributed by atoms with Crippen LogP contribution in [0.3, 0.4) is 0 Å². The van der Waals surface area contributed by atoms with Gasteiger partial charge in [-0.05, 0) is 45.1 Å². The highest BCUT2D eigenvalue weighted by Crippen LogP contribution is 2.24. The second kappa shape index (κ2) is 15.4. The summed E-state index contributed by atoms with van der Waals surface area (Å²) in [6.07, 6.45) is 7.79. The standard InChI is InChI=1S/C22H42O6/c1-4-5-8-21(24)15-26-11-12-27-16-22(25)10-7-6-9-20(23)14-19-13-17(2)28-18(19)3/h13,17-18,20-25H,4-12,14-16H2,1-3H3/t17-,18+,20+,21-,22-/m0/s1. The van der Waals surface area contributed by atoms with E-state index < -0.39 is 12.2 Å². The Morgan fingerprint density at radius 3 is 1.93 bits per heavy atom. The van der Waals surface area contributed by atoms with Gasteiger partial charge in [0, 0.05) is 0 Å². The highest BCUT2D eigenvalue weighted by atomic mass is 16.5. The molecule has 1 heterocycles. The number of hydrogen-bond acceptors (Lipinski definition) is 6. The molecule has 0 aromatic heterocycles. The summed E-state index contributed by atoms with van der Waals surface area (Å²) in [6, 6.07) is 0. The van der Waals surface area contributed by atoms with Gasteiger partial charge in [-0.15, -0.1) is 0 Å². The van der Waals surface area contributed by atoms with Crippen molar-refractivity contribution >= 4 is 0 Å². The molecule has 0 aliphatic carbocycles. The van der Waals surface area contributed by atoms with E-state index in [2.05, 4.69) is 13.0 Å². The molecule has 0 fully saturated rings. The first-order chi connectivity index (χ1) is 13.4. The molecular weight excluding hydrogens is 360 g/mol. The Labute approximate surface area is 170 Å². The Bertz CT molecular complexity index is 414. The lowest BCUT2D eigenvalue weighted by molar-refractivity contribution is -0.0202. The summed E-state index contributed by atoms with van der Waals surface area (Å²) >= 11 is 0. The minimum atomic E-state index is -0.487. The number of aliphatic hydroxyl groups is 3. The Kier molecular flexibility index (Phi) is 14.0. The van der Waals surface area contributed by atoms with Gasteiger partial charge in [0.2, 0.25) is 0 Å². The van der Waals surface area contributed by atoms with E-state index in [1.54, 1.807) is 0 Å². The first-order valence-corrected chi connectivity index (χ1v) is 11.0. The normalized spacial score (nSPS) is 22.9. The van der Waals surface area contributed by atoms with E-state index in [1.165, 1.54) is 5.57 Å². The van der Waals surface area contributed by atoms with Crippen LogP contribution in [0.5, 0.6) is 0 Å². The van der Waals surface area contributed by atoms with E-state index in [4.69, 9.17) is 14.2 Å². The fourth-order valence-electron chi connectivity index (χ4n) is 3.42. The van der Waals surface area contributed by atoms with Crippen LogP contribution in [0.25, 0.3) is 0 Å². The van der Waals surface area contributed by atoms with Crippen LogP contribution in [-0.2, 0) is 14.2 Å². The summed E-state index contributed by atoms with van der Waals surface area (Å²) in [4.78, 5) is 0. The Morgan fingerprint density at radius 1 is 0.893 bits per heavy atom. The molecule has 1 aliphatic heterocycles. The maximum Gasteiger partial charge on any atom is 0.0773 e. The van der Waals surface area contributed by atoms with Crippen molar-refractivity contribution in [3.63, 3.8) is 0 Å². The van der Waals surface area contributed by atoms with Crippen LogP contribution in [0.2, 0.25) is 0 Å². The van der Waals surface area contributed by atoms with Gasteiger partial charge in [0.1, 0.15) is 0 Å². The smallest absolute Gasteiger partial charge is 0.0773 e. The van der Waals surface area contributed by atoms with Crippen molar-refractivity contribution in [2.75, 3.05) is 26.4 Å². The quantitative estimate of drug-likeness (QED) is 0.256. The van der Waals surface area contributed by atoms with Gasteiger partial charge in [0.25, 0.3) is 0 Å². The first-order valence-electron chi connectivity index (χ1n) is 11.0. The van der Waals surface area contributed by atoms with Crippen molar-refractivity contribution in [3.05, 3.63) is 11.6 Å². The molecule has 0 saturated heterocycles. The summed E-state index contributed by atoms with van der Waals surface area (Å²) < 4.78 is 16.4. The van der Waals surface area contributed by atoms with Crippen molar-refractivity contribution < 1.29 is 29.5 Å². The van der Waals surface area contributed by atoms with Crippen LogP contribution >= 0.6 is 0 Å². The number of rotatable bonds is 17. The zero-order chi connectivity index (χ0) is 20.8. The van der Waals surface area contributed by atoms with Crippen LogP contribution < -0.4 is 0 Å². The van der Waals surface area contributed by atoms with Crippen molar-refractivity contribution in [2.24, 2.45) is 0 Å². The Morgan fingerprint density at radius 2 is 1.43 bits per heavy atom. The number of ether oxygens (including phenoxy) is 3. The molecular formula is C22H42O6. The molecule has 1 aliphatic rings. The molecule has 0 spiro atoms. The molecule has 0 aromatic rings. The molecule has 0 saturated carbocycles. The minimum Gasteiger partial charge on any atom is -0.393 e. The van der Waals surface area contributed by atoms with Gasteiger partial charge in [-0.1, -0.05) is 38.7 Å². The Hall–Kier alpha value is -0.500. The molecule has 0 aromatic carbocycles. The largest absolute Gasteiger partial charge is 0.393 e. The lowest BCUT2D eigenvalue weighted by atomic mass is 9.99. The van der Waals surface area contributed by atoms with Crippen LogP contribution in [0, 0.1) is 0 Å². The van der Waals surface area contributed by atoms with Crippen molar-refractivity contribution in [1.82, 2.24) is 0 Å². The number of hydrogen-bond donors (Lipinski definition) is 3. The lowest BCUT2D eigenvalue weighted by Crippen LogP contribution is -2.20. The number of aliphatic hydroxyl groups excluding tert-OH is 3. The van der Waals surface area contributed by atoms with Gasteiger partial charge in [-0.25, -0.2) is 0 Å². The van der Waals surface area contributed by atoms with Crippen molar-refractivity contribution in [1.29, 1.82) is 0 Å².